The Bertz CT molecular complexity index is 1010. The molecule has 10 nitrogen and oxygen atoms in total. The Kier molecular flexibility index (Phi) is 7.85. The Labute approximate surface area is 193 Å². The number of carbonyl (C=O) groups is 4. The Morgan fingerprint density at radius 3 is 2.21 bits per heavy atom. The molecule has 0 spiro atoms. The Morgan fingerprint density at radius 2 is 1.64 bits per heavy atom. The Morgan fingerprint density at radius 1 is 1.00 bits per heavy atom. The third-order valence-corrected chi connectivity index (χ3v) is 8.10. The average molecular weight is 480 g/mol. The molecule has 1 atom stereocenters. The van der Waals surface area contributed by atoms with Crippen LogP contribution in [0.4, 0.5) is 0 Å². The van der Waals surface area contributed by atoms with E-state index in [1.807, 2.05) is 0 Å². The van der Waals surface area contributed by atoms with Crippen LogP contribution in [0.3, 0.4) is 0 Å². The van der Waals surface area contributed by atoms with Gasteiger partial charge in [0.2, 0.25) is 15.9 Å². The molecule has 2 fully saturated rings. The molecule has 2 amide bonds. The molecule has 0 aromatic heterocycles. The largest absolute Gasteiger partial charge is 0.454 e. The number of Topliss-reactive ketones (excluding diaryl/α,β-unsaturated/α-hetero) is 1. The van der Waals surface area contributed by atoms with Crippen LogP contribution < -0.4 is 5.73 Å². The molecule has 0 aliphatic carbocycles. The number of ether oxygens (including phenoxy) is 1. The van der Waals surface area contributed by atoms with E-state index < -0.39 is 34.5 Å². The number of carbonyl (C=O) groups excluding carboxylic acids is 4. The van der Waals surface area contributed by atoms with E-state index in [2.05, 4.69) is 0 Å². The van der Waals surface area contributed by atoms with E-state index in [-0.39, 0.29) is 29.0 Å². The van der Waals surface area contributed by atoms with Crippen LogP contribution in [0.25, 0.3) is 0 Å². The van der Waals surface area contributed by atoms with Crippen LogP contribution in [0.5, 0.6) is 0 Å². The van der Waals surface area contributed by atoms with Crippen molar-refractivity contribution in [2.24, 2.45) is 11.7 Å². The highest BCUT2D eigenvalue weighted by Crippen LogP contribution is 2.26. The predicted octanol–water partition coefficient (Wildman–Crippen LogP) is 0.700. The Hall–Kier alpha value is -2.79. The quantitative estimate of drug-likeness (QED) is 0.448. The number of nitrogens with zero attached hydrogens (tertiary/aromatic N) is 2. The van der Waals surface area contributed by atoms with E-state index in [9.17, 15) is 27.6 Å². The number of nitrogens with two attached hydrogens (primary N) is 1. The monoisotopic (exact) mass is 479 g/mol. The SMILES string of the molecule is CC(=O)c1ccc(S(=O)(=O)N2CCCCC2C(=O)OCC(=O)N2CCC(C(N)=O)CC2)cc1. The maximum absolute atomic E-state index is 13.2. The number of ketones is 1. The zero-order valence-corrected chi connectivity index (χ0v) is 19.4. The summed E-state index contributed by atoms with van der Waals surface area (Å²) in [6, 6.07) is 4.55. The molecule has 0 bridgehead atoms. The fourth-order valence-electron chi connectivity index (χ4n) is 4.16. The summed E-state index contributed by atoms with van der Waals surface area (Å²) in [4.78, 5) is 49.4. The molecular formula is C22H29N3O7S. The molecule has 2 aliphatic heterocycles. The molecule has 2 saturated heterocycles. The summed E-state index contributed by atoms with van der Waals surface area (Å²) in [7, 11) is -3.99. The summed E-state index contributed by atoms with van der Waals surface area (Å²) in [5.74, 6) is -1.98. The number of amides is 2. The predicted molar refractivity (Wildman–Crippen MR) is 117 cm³/mol. The van der Waals surface area contributed by atoms with Gasteiger partial charge in [0, 0.05) is 31.1 Å². The van der Waals surface area contributed by atoms with E-state index in [1.54, 1.807) is 0 Å². The molecule has 1 aromatic carbocycles. The van der Waals surface area contributed by atoms with Gasteiger partial charge in [-0.2, -0.15) is 4.31 Å². The van der Waals surface area contributed by atoms with Crippen molar-refractivity contribution in [1.29, 1.82) is 0 Å². The second-order valence-electron chi connectivity index (χ2n) is 8.37. The molecule has 2 heterocycles. The highest BCUT2D eigenvalue weighted by molar-refractivity contribution is 7.89. The van der Waals surface area contributed by atoms with Crippen molar-refractivity contribution in [2.45, 2.75) is 50.0 Å². The first-order valence-corrected chi connectivity index (χ1v) is 12.4. The van der Waals surface area contributed by atoms with Crippen molar-refractivity contribution in [2.75, 3.05) is 26.2 Å². The summed E-state index contributed by atoms with van der Waals surface area (Å²) in [6.07, 6.45) is 2.48. The minimum atomic E-state index is -3.99. The van der Waals surface area contributed by atoms with E-state index in [1.165, 1.54) is 36.1 Å². The molecule has 0 radical (unpaired) electrons. The molecule has 33 heavy (non-hydrogen) atoms. The lowest BCUT2D eigenvalue weighted by Gasteiger charge is -2.33. The van der Waals surface area contributed by atoms with Gasteiger partial charge in [-0.3, -0.25) is 19.2 Å². The van der Waals surface area contributed by atoms with Crippen LogP contribution in [0, 0.1) is 5.92 Å². The van der Waals surface area contributed by atoms with Gasteiger partial charge >= 0.3 is 5.97 Å². The minimum absolute atomic E-state index is 0.0133. The van der Waals surface area contributed by atoms with Crippen molar-refractivity contribution < 1.29 is 32.3 Å². The molecule has 3 rings (SSSR count). The van der Waals surface area contributed by atoms with Gasteiger partial charge in [0.25, 0.3) is 5.91 Å². The fourth-order valence-corrected chi connectivity index (χ4v) is 5.81. The number of hydrogen-bond acceptors (Lipinski definition) is 7. The number of likely N-dealkylation sites (tertiary alicyclic amines) is 1. The van der Waals surface area contributed by atoms with E-state index in [4.69, 9.17) is 10.5 Å². The molecule has 1 unspecified atom stereocenters. The number of hydrogen-bond donors (Lipinski definition) is 1. The van der Waals surface area contributed by atoms with Gasteiger partial charge in [-0.1, -0.05) is 12.1 Å². The molecule has 0 saturated carbocycles. The van der Waals surface area contributed by atoms with Gasteiger partial charge in [-0.25, -0.2) is 8.42 Å². The van der Waals surface area contributed by atoms with E-state index in [0.29, 0.717) is 50.8 Å². The number of sulfonamides is 1. The highest BCUT2D eigenvalue weighted by Gasteiger charge is 2.39. The smallest absolute Gasteiger partial charge is 0.324 e. The molecule has 1 aromatic rings. The summed E-state index contributed by atoms with van der Waals surface area (Å²) in [5, 5.41) is 0. The number of benzene rings is 1. The fraction of sp³-hybridized carbons (Fsp3) is 0.545. The van der Waals surface area contributed by atoms with Crippen LogP contribution in [0.15, 0.2) is 29.2 Å². The first-order valence-electron chi connectivity index (χ1n) is 11.0. The van der Waals surface area contributed by atoms with Gasteiger partial charge in [0.1, 0.15) is 6.04 Å². The molecule has 2 aliphatic rings. The summed E-state index contributed by atoms with van der Waals surface area (Å²) >= 11 is 0. The van der Waals surface area contributed by atoms with Gasteiger partial charge < -0.3 is 15.4 Å². The van der Waals surface area contributed by atoms with Gasteiger partial charge in [0.15, 0.2) is 12.4 Å². The second kappa shape index (κ2) is 10.4. The van der Waals surface area contributed by atoms with Gasteiger partial charge in [-0.15, -0.1) is 0 Å². The summed E-state index contributed by atoms with van der Waals surface area (Å²) in [6.45, 7) is 1.76. The maximum Gasteiger partial charge on any atom is 0.324 e. The minimum Gasteiger partial charge on any atom is -0.454 e. The number of esters is 1. The van der Waals surface area contributed by atoms with Crippen molar-refractivity contribution in [3.63, 3.8) is 0 Å². The normalized spacial score (nSPS) is 20.3. The zero-order valence-electron chi connectivity index (χ0n) is 18.6. The second-order valence-corrected chi connectivity index (χ2v) is 10.3. The third kappa shape index (κ3) is 5.77. The number of piperidine rings is 2. The molecule has 11 heteroatoms. The van der Waals surface area contributed by atoms with Crippen molar-refractivity contribution in [3.05, 3.63) is 29.8 Å². The average Bonchev–Trinajstić information content (AvgIpc) is 2.82. The molecular weight excluding hydrogens is 450 g/mol. The lowest BCUT2D eigenvalue weighted by Crippen LogP contribution is -2.49. The van der Waals surface area contributed by atoms with Crippen LogP contribution in [0.2, 0.25) is 0 Å². The van der Waals surface area contributed by atoms with Crippen molar-refractivity contribution >= 4 is 33.6 Å². The molecule has 2 N–H and O–H groups in total. The van der Waals surface area contributed by atoms with Crippen LogP contribution in [0.1, 0.15) is 49.4 Å². The summed E-state index contributed by atoms with van der Waals surface area (Å²) < 4.78 is 32.7. The first-order chi connectivity index (χ1) is 15.6. The van der Waals surface area contributed by atoms with Crippen LogP contribution in [-0.4, -0.2) is 73.5 Å². The van der Waals surface area contributed by atoms with Crippen molar-refractivity contribution in [3.8, 4) is 0 Å². The standard InChI is InChI=1S/C22H29N3O7S/c1-15(26)16-5-7-18(8-6-16)33(30,31)25-11-3-2-4-19(25)22(29)32-14-20(27)24-12-9-17(10-13-24)21(23)28/h5-8,17,19H,2-4,9-14H2,1H3,(H2,23,28). The number of rotatable bonds is 7. The van der Waals surface area contributed by atoms with Crippen LogP contribution in [-0.2, 0) is 29.1 Å². The number of primary amides is 1. The maximum atomic E-state index is 13.2. The third-order valence-electron chi connectivity index (χ3n) is 6.18. The highest BCUT2D eigenvalue weighted by atomic mass is 32.2. The van der Waals surface area contributed by atoms with E-state index >= 15 is 0 Å². The zero-order chi connectivity index (χ0) is 24.2. The topological polar surface area (TPSA) is 144 Å². The molecule has 180 valence electrons. The van der Waals surface area contributed by atoms with Crippen molar-refractivity contribution in [1.82, 2.24) is 9.21 Å². The summed E-state index contributed by atoms with van der Waals surface area (Å²) in [5.41, 5.74) is 5.69. The van der Waals surface area contributed by atoms with Crippen LogP contribution >= 0.6 is 0 Å². The first kappa shape index (κ1) is 24.8. The van der Waals surface area contributed by atoms with Gasteiger partial charge in [-0.05, 0) is 51.2 Å². The lowest BCUT2D eigenvalue weighted by molar-refractivity contribution is -0.156. The van der Waals surface area contributed by atoms with Gasteiger partial charge in [0.05, 0.1) is 4.90 Å². The van der Waals surface area contributed by atoms with E-state index in [0.717, 1.165) is 4.31 Å². The Balaban J connectivity index is 1.63. The lowest BCUT2D eigenvalue weighted by atomic mass is 9.96.